The fourth-order valence-electron chi connectivity index (χ4n) is 2.03. The lowest BCUT2D eigenvalue weighted by atomic mass is 10.1. The first-order valence-corrected chi connectivity index (χ1v) is 8.73. The lowest BCUT2D eigenvalue weighted by molar-refractivity contribution is -0.0258. The van der Waals surface area contributed by atoms with Crippen LogP contribution in [0.5, 0.6) is 0 Å². The number of nitrogens with zero attached hydrogens (tertiary/aromatic N) is 2. The Bertz CT molecular complexity index is 885. The number of carbonyl (C=O) groups is 1. The number of rotatable bonds is 6. The Morgan fingerprint density at radius 3 is 2.28 bits per heavy atom. The van der Waals surface area contributed by atoms with Crippen molar-refractivity contribution >= 4 is 21.6 Å². The van der Waals surface area contributed by atoms with Crippen LogP contribution in [-0.4, -0.2) is 33.0 Å². The Hall–Kier alpha value is -2.73. The molecule has 2 rings (SSSR count). The van der Waals surface area contributed by atoms with Crippen LogP contribution < -0.4 is 5.32 Å². The van der Waals surface area contributed by atoms with Crippen LogP contribution in [0, 0.1) is 11.3 Å². The van der Waals surface area contributed by atoms with Crippen molar-refractivity contribution in [2.75, 3.05) is 19.5 Å². The lowest BCUT2D eigenvalue weighted by Crippen LogP contribution is -2.25. The molecular weight excluding hydrogens is 342 g/mol. The van der Waals surface area contributed by atoms with Gasteiger partial charge in [-0.1, -0.05) is 16.6 Å². The van der Waals surface area contributed by atoms with Gasteiger partial charge in [-0.3, -0.25) is 9.63 Å². The standard InChI is InChI=1S/C17H17N3O4S/c1-20(24-2)25(22,23)16-9-5-14(6-10-16)17(21)19-15-7-3-13(4-8-15)11-12-18/h3-10H,11H2,1-2H3,(H,19,21). The van der Waals surface area contributed by atoms with E-state index in [1.54, 1.807) is 24.3 Å². The molecule has 7 nitrogen and oxygen atoms in total. The molecule has 0 fully saturated rings. The molecule has 0 heterocycles. The number of carbonyl (C=O) groups excluding carboxylic acids is 1. The molecule has 0 atom stereocenters. The van der Waals surface area contributed by atoms with E-state index >= 15 is 0 Å². The van der Waals surface area contributed by atoms with E-state index in [0.29, 0.717) is 17.7 Å². The highest BCUT2D eigenvalue weighted by Gasteiger charge is 2.20. The van der Waals surface area contributed by atoms with Gasteiger partial charge in [0.05, 0.1) is 24.5 Å². The first-order valence-electron chi connectivity index (χ1n) is 7.29. The number of amides is 1. The molecule has 0 saturated carbocycles. The molecule has 0 bridgehead atoms. The predicted molar refractivity (Wildman–Crippen MR) is 92.1 cm³/mol. The van der Waals surface area contributed by atoms with E-state index in [2.05, 4.69) is 11.4 Å². The van der Waals surface area contributed by atoms with Gasteiger partial charge in [-0.05, 0) is 42.0 Å². The van der Waals surface area contributed by atoms with Crippen LogP contribution in [0.4, 0.5) is 5.69 Å². The van der Waals surface area contributed by atoms with Gasteiger partial charge in [-0.2, -0.15) is 5.26 Å². The molecule has 1 amide bonds. The van der Waals surface area contributed by atoms with E-state index in [-0.39, 0.29) is 10.8 Å². The minimum Gasteiger partial charge on any atom is -0.322 e. The van der Waals surface area contributed by atoms with Crippen molar-refractivity contribution in [2.24, 2.45) is 0 Å². The molecule has 25 heavy (non-hydrogen) atoms. The molecule has 2 aromatic rings. The molecule has 0 aliphatic heterocycles. The minimum absolute atomic E-state index is 0.0225. The van der Waals surface area contributed by atoms with E-state index < -0.39 is 10.0 Å². The van der Waals surface area contributed by atoms with Crippen LogP contribution >= 0.6 is 0 Å². The molecule has 0 spiro atoms. The average Bonchev–Trinajstić information content (AvgIpc) is 2.63. The van der Waals surface area contributed by atoms with Crippen molar-refractivity contribution in [1.29, 1.82) is 5.26 Å². The highest BCUT2D eigenvalue weighted by Crippen LogP contribution is 2.16. The van der Waals surface area contributed by atoms with Crippen LogP contribution in [0.2, 0.25) is 0 Å². The van der Waals surface area contributed by atoms with Crippen LogP contribution in [-0.2, 0) is 21.3 Å². The summed E-state index contributed by atoms with van der Waals surface area (Å²) in [7, 11) is -1.21. The monoisotopic (exact) mass is 359 g/mol. The molecule has 2 aromatic carbocycles. The zero-order valence-corrected chi connectivity index (χ0v) is 14.6. The van der Waals surface area contributed by atoms with E-state index in [4.69, 9.17) is 10.1 Å². The highest BCUT2D eigenvalue weighted by atomic mass is 32.2. The molecule has 130 valence electrons. The Morgan fingerprint density at radius 1 is 1.16 bits per heavy atom. The summed E-state index contributed by atoms with van der Waals surface area (Å²) in [6.07, 6.45) is 0.306. The van der Waals surface area contributed by atoms with Crippen LogP contribution in [0.1, 0.15) is 15.9 Å². The maximum absolute atomic E-state index is 12.2. The number of nitriles is 1. The first-order chi connectivity index (χ1) is 11.9. The van der Waals surface area contributed by atoms with Gasteiger partial charge in [0, 0.05) is 18.3 Å². The summed E-state index contributed by atoms with van der Waals surface area (Å²) in [6, 6.07) is 14.5. The van der Waals surface area contributed by atoms with Gasteiger partial charge in [0.2, 0.25) is 0 Å². The average molecular weight is 359 g/mol. The Morgan fingerprint density at radius 2 is 1.76 bits per heavy atom. The molecule has 8 heteroatoms. The van der Waals surface area contributed by atoms with Crippen molar-refractivity contribution in [1.82, 2.24) is 4.47 Å². The van der Waals surface area contributed by atoms with Crippen LogP contribution in [0.3, 0.4) is 0 Å². The third-order valence-electron chi connectivity index (χ3n) is 3.50. The Labute approximate surface area is 146 Å². The van der Waals surface area contributed by atoms with Crippen molar-refractivity contribution < 1.29 is 18.0 Å². The SMILES string of the molecule is CON(C)S(=O)(=O)c1ccc(C(=O)Nc2ccc(CC#N)cc2)cc1. The number of hydroxylamine groups is 1. The normalized spacial score (nSPS) is 11.1. The number of hydrogen-bond donors (Lipinski definition) is 1. The summed E-state index contributed by atoms with van der Waals surface area (Å²) in [6.45, 7) is 0. The zero-order valence-electron chi connectivity index (χ0n) is 13.8. The van der Waals surface area contributed by atoms with Gasteiger partial charge < -0.3 is 5.32 Å². The maximum atomic E-state index is 12.2. The van der Waals surface area contributed by atoms with Gasteiger partial charge in [-0.15, -0.1) is 0 Å². The fourth-order valence-corrected chi connectivity index (χ4v) is 3.00. The molecule has 0 aromatic heterocycles. The molecule has 1 N–H and O–H groups in total. The van der Waals surface area contributed by atoms with Gasteiger partial charge in [0.25, 0.3) is 15.9 Å². The summed E-state index contributed by atoms with van der Waals surface area (Å²) in [5, 5.41) is 11.4. The van der Waals surface area contributed by atoms with Crippen molar-refractivity contribution in [2.45, 2.75) is 11.3 Å². The first kappa shape index (κ1) is 18.6. The van der Waals surface area contributed by atoms with Crippen molar-refractivity contribution in [3.63, 3.8) is 0 Å². The van der Waals surface area contributed by atoms with Gasteiger partial charge in [-0.25, -0.2) is 8.42 Å². The second-order valence-electron chi connectivity index (χ2n) is 5.11. The number of anilines is 1. The van der Waals surface area contributed by atoms with Crippen LogP contribution in [0.15, 0.2) is 53.4 Å². The van der Waals surface area contributed by atoms with Crippen LogP contribution in [0.25, 0.3) is 0 Å². The summed E-state index contributed by atoms with van der Waals surface area (Å²) in [5.41, 5.74) is 1.76. The van der Waals surface area contributed by atoms with E-state index in [1.807, 2.05) is 0 Å². The number of hydrogen-bond acceptors (Lipinski definition) is 5. The van der Waals surface area contributed by atoms with Crippen molar-refractivity contribution in [3.05, 3.63) is 59.7 Å². The smallest absolute Gasteiger partial charge is 0.264 e. The van der Waals surface area contributed by atoms with Gasteiger partial charge in [0.15, 0.2) is 0 Å². The molecule has 0 unspecified atom stereocenters. The largest absolute Gasteiger partial charge is 0.322 e. The van der Waals surface area contributed by atoms with E-state index in [9.17, 15) is 13.2 Å². The third-order valence-corrected chi connectivity index (χ3v) is 5.20. The van der Waals surface area contributed by atoms with Gasteiger partial charge in [0.1, 0.15) is 0 Å². The fraction of sp³-hybridized carbons (Fsp3) is 0.176. The van der Waals surface area contributed by atoms with E-state index in [0.717, 1.165) is 10.0 Å². The Balaban J connectivity index is 2.11. The number of benzene rings is 2. The number of sulfonamides is 1. The highest BCUT2D eigenvalue weighted by molar-refractivity contribution is 7.89. The summed E-state index contributed by atoms with van der Waals surface area (Å²) in [5.74, 6) is -0.364. The second-order valence-corrected chi connectivity index (χ2v) is 7.04. The molecule has 0 saturated heterocycles. The number of nitrogens with one attached hydrogen (secondary N) is 1. The lowest BCUT2D eigenvalue weighted by Gasteiger charge is -2.14. The molecule has 0 aliphatic rings. The minimum atomic E-state index is -3.75. The van der Waals surface area contributed by atoms with Gasteiger partial charge >= 0.3 is 0 Å². The second kappa shape index (κ2) is 7.90. The van der Waals surface area contributed by atoms with Crippen molar-refractivity contribution in [3.8, 4) is 6.07 Å². The summed E-state index contributed by atoms with van der Waals surface area (Å²) < 4.78 is 24.9. The zero-order chi connectivity index (χ0) is 18.4. The third kappa shape index (κ3) is 4.42. The molecule has 0 radical (unpaired) electrons. The Kier molecular flexibility index (Phi) is 5.88. The topological polar surface area (TPSA) is 99.5 Å². The molecular formula is C17H17N3O4S. The van der Waals surface area contributed by atoms with E-state index in [1.165, 1.54) is 38.4 Å². The maximum Gasteiger partial charge on any atom is 0.264 e. The predicted octanol–water partition coefficient (Wildman–Crippen LogP) is 2.19. The molecule has 0 aliphatic carbocycles. The quantitative estimate of drug-likeness (QED) is 0.797. The summed E-state index contributed by atoms with van der Waals surface area (Å²) in [4.78, 5) is 16.9. The summed E-state index contributed by atoms with van der Waals surface area (Å²) >= 11 is 0.